The van der Waals surface area contributed by atoms with Crippen LogP contribution in [0.4, 0.5) is 11.6 Å². The number of nitrogens with one attached hydrogen (secondary N) is 2. The second-order valence-electron chi connectivity index (χ2n) is 6.57. The first-order valence-corrected chi connectivity index (χ1v) is 11.4. The van der Waals surface area contributed by atoms with Crippen LogP contribution < -0.4 is 10.0 Å². The third-order valence-electron chi connectivity index (χ3n) is 4.16. The molecular weight excluding hydrogens is 438 g/mol. The van der Waals surface area contributed by atoms with Crippen molar-refractivity contribution < 1.29 is 17.6 Å². The van der Waals surface area contributed by atoms with Gasteiger partial charge in [-0.3, -0.25) is 4.79 Å². The molecular formula is C20H17N5O4S2. The van der Waals surface area contributed by atoms with Crippen LogP contribution in [0.25, 0.3) is 10.6 Å². The molecule has 1 aromatic carbocycles. The number of aromatic nitrogens is 3. The van der Waals surface area contributed by atoms with Crippen LogP contribution >= 0.6 is 11.3 Å². The number of rotatable bonds is 6. The number of sulfonamides is 1. The average molecular weight is 456 g/mol. The molecule has 0 spiro atoms. The first-order chi connectivity index (χ1) is 14.8. The van der Waals surface area contributed by atoms with E-state index in [1.54, 1.807) is 19.9 Å². The van der Waals surface area contributed by atoms with Gasteiger partial charge in [0.15, 0.2) is 17.8 Å². The molecule has 0 saturated carbocycles. The van der Waals surface area contributed by atoms with Crippen LogP contribution in [0.2, 0.25) is 0 Å². The van der Waals surface area contributed by atoms with Gasteiger partial charge in [0.1, 0.15) is 0 Å². The Morgan fingerprint density at radius 2 is 1.77 bits per heavy atom. The molecule has 0 radical (unpaired) electrons. The van der Waals surface area contributed by atoms with E-state index in [0.717, 1.165) is 4.88 Å². The van der Waals surface area contributed by atoms with Gasteiger partial charge in [0.25, 0.3) is 15.9 Å². The molecule has 0 saturated heterocycles. The Labute approximate surface area is 182 Å². The fourth-order valence-corrected chi connectivity index (χ4v) is 4.51. The highest BCUT2D eigenvalue weighted by molar-refractivity contribution is 7.92. The lowest BCUT2D eigenvalue weighted by Gasteiger charge is -2.09. The summed E-state index contributed by atoms with van der Waals surface area (Å²) >= 11 is 1.43. The van der Waals surface area contributed by atoms with Crippen molar-refractivity contribution >= 4 is 38.9 Å². The van der Waals surface area contributed by atoms with E-state index in [2.05, 4.69) is 25.0 Å². The summed E-state index contributed by atoms with van der Waals surface area (Å²) in [7, 11) is -3.89. The van der Waals surface area contributed by atoms with Gasteiger partial charge in [-0.2, -0.15) is 0 Å². The first-order valence-electron chi connectivity index (χ1n) is 9.06. The number of benzene rings is 1. The molecule has 1 amide bonds. The van der Waals surface area contributed by atoms with Crippen LogP contribution in [0.1, 0.15) is 21.9 Å². The molecule has 158 valence electrons. The zero-order chi connectivity index (χ0) is 22.0. The molecule has 3 aromatic heterocycles. The van der Waals surface area contributed by atoms with E-state index in [-0.39, 0.29) is 16.5 Å². The molecule has 9 nitrogen and oxygen atoms in total. The van der Waals surface area contributed by atoms with Gasteiger partial charge in [-0.1, -0.05) is 6.07 Å². The number of carbonyl (C=O) groups is 1. The molecule has 31 heavy (non-hydrogen) atoms. The third kappa shape index (κ3) is 4.62. The van der Waals surface area contributed by atoms with E-state index in [0.29, 0.717) is 22.8 Å². The summed E-state index contributed by atoms with van der Waals surface area (Å²) in [5, 5.41) is 4.56. The molecule has 2 N–H and O–H groups in total. The van der Waals surface area contributed by atoms with Gasteiger partial charge >= 0.3 is 0 Å². The zero-order valence-corrected chi connectivity index (χ0v) is 18.1. The maximum atomic E-state index is 12.6. The lowest BCUT2D eigenvalue weighted by Crippen LogP contribution is -2.16. The van der Waals surface area contributed by atoms with Gasteiger partial charge in [0.05, 0.1) is 9.77 Å². The van der Waals surface area contributed by atoms with Crippen LogP contribution in [0, 0.1) is 13.8 Å². The van der Waals surface area contributed by atoms with Crippen molar-refractivity contribution in [3.05, 3.63) is 71.3 Å². The van der Waals surface area contributed by atoms with Crippen molar-refractivity contribution in [2.45, 2.75) is 18.7 Å². The lowest BCUT2D eigenvalue weighted by molar-refractivity contribution is 0.102. The van der Waals surface area contributed by atoms with Crippen LogP contribution in [0.15, 0.2) is 63.6 Å². The Morgan fingerprint density at radius 3 is 2.42 bits per heavy atom. The van der Waals surface area contributed by atoms with E-state index in [1.165, 1.54) is 42.0 Å². The molecule has 0 atom stereocenters. The Hall–Kier alpha value is -3.57. The summed E-state index contributed by atoms with van der Waals surface area (Å²) in [6.07, 6.45) is 1.21. The first kappa shape index (κ1) is 20.7. The predicted octanol–water partition coefficient (Wildman–Crippen LogP) is 3.86. The number of hydrogen-bond acceptors (Lipinski definition) is 8. The molecule has 0 aliphatic heterocycles. The van der Waals surface area contributed by atoms with E-state index in [9.17, 15) is 13.2 Å². The standard InChI is InChI=1S/C20H17N5O4S2/c1-12-10-13(2)23-20(22-12)25-31(27,28)15-7-5-14(6-8-15)24-19(26)17-18(29-11-21-17)16-4-3-9-30-16/h3-11H,1-2H3,(H,24,26)(H,22,23,25). The minimum atomic E-state index is -3.89. The van der Waals surface area contributed by atoms with E-state index in [1.807, 2.05) is 17.5 Å². The van der Waals surface area contributed by atoms with Crippen molar-refractivity contribution in [1.29, 1.82) is 0 Å². The lowest BCUT2D eigenvalue weighted by atomic mass is 10.2. The van der Waals surface area contributed by atoms with Crippen molar-refractivity contribution in [2.75, 3.05) is 10.0 Å². The highest BCUT2D eigenvalue weighted by Gasteiger charge is 2.20. The van der Waals surface area contributed by atoms with Crippen molar-refractivity contribution in [2.24, 2.45) is 0 Å². The molecule has 0 aliphatic carbocycles. The van der Waals surface area contributed by atoms with Gasteiger partial charge in [-0.25, -0.2) is 28.1 Å². The number of amides is 1. The van der Waals surface area contributed by atoms with Gasteiger partial charge in [0.2, 0.25) is 5.95 Å². The smallest absolute Gasteiger partial charge is 0.278 e. The van der Waals surface area contributed by atoms with Crippen molar-refractivity contribution in [1.82, 2.24) is 15.0 Å². The van der Waals surface area contributed by atoms with Gasteiger partial charge < -0.3 is 9.73 Å². The normalized spacial score (nSPS) is 11.3. The summed E-state index contributed by atoms with van der Waals surface area (Å²) in [5.74, 6) is -0.0825. The number of carbonyl (C=O) groups excluding carboxylic acids is 1. The predicted molar refractivity (Wildman–Crippen MR) is 117 cm³/mol. The fourth-order valence-electron chi connectivity index (χ4n) is 2.85. The Bertz CT molecular complexity index is 1310. The summed E-state index contributed by atoms with van der Waals surface area (Å²) in [4.78, 5) is 25.6. The minimum absolute atomic E-state index is 0.00187. The molecule has 4 aromatic rings. The number of aryl methyl sites for hydroxylation is 2. The molecule has 0 fully saturated rings. The summed E-state index contributed by atoms with van der Waals surface area (Å²) in [6.45, 7) is 3.51. The van der Waals surface area contributed by atoms with E-state index < -0.39 is 15.9 Å². The number of nitrogens with zero attached hydrogens (tertiary/aromatic N) is 3. The molecule has 4 rings (SSSR count). The van der Waals surface area contributed by atoms with Crippen LogP contribution in [-0.2, 0) is 10.0 Å². The van der Waals surface area contributed by atoms with Crippen LogP contribution in [0.5, 0.6) is 0 Å². The fraction of sp³-hybridized carbons (Fsp3) is 0.100. The maximum absolute atomic E-state index is 12.6. The molecule has 11 heteroatoms. The monoisotopic (exact) mass is 455 g/mol. The summed E-state index contributed by atoms with van der Waals surface area (Å²) in [6, 6.07) is 11.1. The number of oxazole rings is 1. The molecule has 0 bridgehead atoms. The van der Waals surface area contributed by atoms with Gasteiger partial charge in [-0.05, 0) is 55.6 Å². The Balaban J connectivity index is 1.49. The van der Waals surface area contributed by atoms with Gasteiger partial charge in [0, 0.05) is 17.1 Å². The van der Waals surface area contributed by atoms with Gasteiger partial charge in [-0.15, -0.1) is 11.3 Å². The summed E-state index contributed by atoms with van der Waals surface area (Å²) < 4.78 is 32.9. The SMILES string of the molecule is Cc1cc(C)nc(NS(=O)(=O)c2ccc(NC(=O)c3ncoc3-c3cccs3)cc2)n1. The number of anilines is 2. The second kappa shape index (κ2) is 8.28. The second-order valence-corrected chi connectivity index (χ2v) is 9.20. The number of thiophene rings is 1. The maximum Gasteiger partial charge on any atom is 0.278 e. The van der Waals surface area contributed by atoms with Crippen molar-refractivity contribution in [3.8, 4) is 10.6 Å². The highest BCUT2D eigenvalue weighted by atomic mass is 32.2. The summed E-state index contributed by atoms with van der Waals surface area (Å²) in [5.41, 5.74) is 1.86. The van der Waals surface area contributed by atoms with E-state index >= 15 is 0 Å². The number of hydrogen-bond donors (Lipinski definition) is 2. The molecule has 0 unspecified atom stereocenters. The largest absolute Gasteiger partial charge is 0.442 e. The van der Waals surface area contributed by atoms with E-state index in [4.69, 9.17) is 4.42 Å². The van der Waals surface area contributed by atoms with Crippen molar-refractivity contribution in [3.63, 3.8) is 0 Å². The quantitative estimate of drug-likeness (QED) is 0.452. The van der Waals surface area contributed by atoms with Crippen LogP contribution in [-0.4, -0.2) is 29.3 Å². The van der Waals surface area contributed by atoms with Crippen LogP contribution in [0.3, 0.4) is 0 Å². The highest BCUT2D eigenvalue weighted by Crippen LogP contribution is 2.28. The molecule has 3 heterocycles. The third-order valence-corrected chi connectivity index (χ3v) is 6.37. The topological polar surface area (TPSA) is 127 Å². The Morgan fingerprint density at radius 1 is 1.06 bits per heavy atom. The zero-order valence-electron chi connectivity index (χ0n) is 16.5. The average Bonchev–Trinajstić information content (AvgIpc) is 3.39. The minimum Gasteiger partial charge on any atom is -0.442 e. The molecule has 0 aliphatic rings. The Kier molecular flexibility index (Phi) is 5.53.